The molecule has 11 heteroatoms. The molecule has 0 heterocycles. The minimum Gasteiger partial charge on any atom is -0.459 e. The molecule has 0 radical (unpaired) electrons. The van der Waals surface area contributed by atoms with Crippen molar-refractivity contribution < 1.29 is 32.9 Å². The number of ether oxygens (including phenoxy) is 2. The number of carbonyl (C=O) groups excluding carboxylic acids is 3. The predicted octanol–water partition coefficient (Wildman–Crippen LogP) is 3.51. The average Bonchev–Trinajstić information content (AvgIpc) is 2.94. The molecule has 0 fully saturated rings. The first kappa shape index (κ1) is 28.6. The molecule has 0 spiro atoms. The van der Waals surface area contributed by atoms with Crippen LogP contribution < -0.4 is 16.1 Å². The van der Waals surface area contributed by atoms with Crippen LogP contribution in [0, 0.1) is 0 Å². The number of carbonyl (C=O) groups is 3. The predicted molar refractivity (Wildman–Crippen MR) is 141 cm³/mol. The second kappa shape index (κ2) is 14.7. The second-order valence-corrected chi connectivity index (χ2v) is 10.4. The smallest absolute Gasteiger partial charge is 0.407 e. The van der Waals surface area contributed by atoms with Crippen molar-refractivity contribution in [3.8, 4) is 0 Å². The highest BCUT2D eigenvalue weighted by Gasteiger charge is 2.31. The van der Waals surface area contributed by atoms with Gasteiger partial charge in [0.15, 0.2) is 0 Å². The number of hydrogen-bond acceptors (Lipinski definition) is 7. The van der Waals surface area contributed by atoms with Crippen molar-refractivity contribution in [2.45, 2.75) is 25.9 Å². The van der Waals surface area contributed by atoms with Crippen LogP contribution in [0.1, 0.15) is 16.7 Å². The maximum absolute atomic E-state index is 13.0. The van der Waals surface area contributed by atoms with Crippen molar-refractivity contribution in [3.63, 3.8) is 0 Å². The SMILES string of the molecule is NP(=O)(C[C@H](NC(=O)CNC(=O)OCc1ccccc1)C(=O)OCc1ccccc1)OCc1ccccc1. The number of nitrogens with two attached hydrogens (primary N) is 1. The van der Waals surface area contributed by atoms with E-state index < -0.39 is 44.2 Å². The normalized spacial score (nSPS) is 13.0. The van der Waals surface area contributed by atoms with Gasteiger partial charge in [-0.15, -0.1) is 0 Å². The molecule has 0 saturated carbocycles. The number of nitrogens with one attached hydrogen (secondary N) is 2. The molecule has 4 N–H and O–H groups in total. The summed E-state index contributed by atoms with van der Waals surface area (Å²) < 4.78 is 28.7. The van der Waals surface area contributed by atoms with Crippen LogP contribution in [0.3, 0.4) is 0 Å². The van der Waals surface area contributed by atoms with E-state index in [0.29, 0.717) is 0 Å². The fraction of sp³-hybridized carbons (Fsp3) is 0.222. The highest BCUT2D eigenvalue weighted by molar-refractivity contribution is 7.56. The lowest BCUT2D eigenvalue weighted by atomic mass is 10.2. The number of benzene rings is 3. The zero-order valence-corrected chi connectivity index (χ0v) is 21.5. The van der Waals surface area contributed by atoms with Crippen molar-refractivity contribution >= 4 is 25.5 Å². The summed E-state index contributed by atoms with van der Waals surface area (Å²) >= 11 is 0. The Hall–Kier alpha value is -3.98. The van der Waals surface area contributed by atoms with Gasteiger partial charge in [-0.3, -0.25) is 14.9 Å². The molecule has 0 saturated heterocycles. The van der Waals surface area contributed by atoms with Crippen molar-refractivity contribution in [2.24, 2.45) is 5.50 Å². The largest absolute Gasteiger partial charge is 0.459 e. The van der Waals surface area contributed by atoms with E-state index in [0.717, 1.165) is 16.7 Å². The zero-order chi connectivity index (χ0) is 27.2. The summed E-state index contributed by atoms with van der Waals surface area (Å²) in [6.07, 6.45) is -1.32. The van der Waals surface area contributed by atoms with Crippen LogP contribution in [-0.2, 0) is 48.0 Å². The molecule has 0 aromatic heterocycles. The van der Waals surface area contributed by atoms with Gasteiger partial charge in [0.2, 0.25) is 5.91 Å². The van der Waals surface area contributed by atoms with Gasteiger partial charge in [-0.25, -0.2) is 9.59 Å². The maximum atomic E-state index is 13.0. The quantitative estimate of drug-likeness (QED) is 0.221. The molecule has 0 bridgehead atoms. The Bertz CT molecular complexity index is 1230. The van der Waals surface area contributed by atoms with E-state index in [1.165, 1.54) is 0 Å². The lowest BCUT2D eigenvalue weighted by Crippen LogP contribution is -2.48. The number of rotatable bonds is 13. The molecule has 3 rings (SSSR count). The summed E-state index contributed by atoms with van der Waals surface area (Å²) in [5.41, 5.74) is 8.13. The molecule has 0 aliphatic carbocycles. The third-order valence-corrected chi connectivity index (χ3v) is 6.62. The van der Waals surface area contributed by atoms with E-state index in [4.69, 9.17) is 19.5 Å². The topological polar surface area (TPSA) is 146 Å². The van der Waals surface area contributed by atoms with E-state index in [1.807, 2.05) is 18.2 Å². The van der Waals surface area contributed by atoms with E-state index in [9.17, 15) is 18.9 Å². The Morgan fingerprint density at radius 2 is 1.21 bits per heavy atom. The highest BCUT2D eigenvalue weighted by atomic mass is 31.2. The van der Waals surface area contributed by atoms with Gasteiger partial charge in [-0.2, -0.15) is 0 Å². The molecule has 0 aliphatic heterocycles. The maximum Gasteiger partial charge on any atom is 0.407 e. The molecule has 2 atom stereocenters. The molecular weight excluding hydrogens is 509 g/mol. The van der Waals surface area contributed by atoms with Crippen LogP contribution >= 0.6 is 7.52 Å². The fourth-order valence-corrected chi connectivity index (χ4v) is 4.47. The minimum absolute atomic E-state index is 0.0256. The first-order valence-corrected chi connectivity index (χ1v) is 13.7. The summed E-state index contributed by atoms with van der Waals surface area (Å²) in [5.74, 6) is -1.57. The van der Waals surface area contributed by atoms with Crippen LogP contribution in [0.25, 0.3) is 0 Å². The number of esters is 1. The fourth-order valence-electron chi connectivity index (χ4n) is 3.25. The Morgan fingerprint density at radius 1 is 0.737 bits per heavy atom. The van der Waals surface area contributed by atoms with Gasteiger partial charge in [0.1, 0.15) is 25.8 Å². The van der Waals surface area contributed by atoms with Gasteiger partial charge in [0.05, 0.1) is 12.8 Å². The molecule has 2 amide bonds. The van der Waals surface area contributed by atoms with Gasteiger partial charge in [-0.1, -0.05) is 91.0 Å². The van der Waals surface area contributed by atoms with Gasteiger partial charge in [-0.05, 0) is 16.7 Å². The summed E-state index contributed by atoms with van der Waals surface area (Å²) in [6.45, 7) is -0.563. The van der Waals surface area contributed by atoms with Gasteiger partial charge >= 0.3 is 12.1 Å². The lowest BCUT2D eigenvalue weighted by Gasteiger charge is -2.21. The molecule has 200 valence electrons. The molecular formula is C27H30N3O7P. The molecule has 38 heavy (non-hydrogen) atoms. The van der Waals surface area contributed by atoms with E-state index in [-0.39, 0.29) is 19.8 Å². The first-order valence-electron chi connectivity index (χ1n) is 11.8. The summed E-state index contributed by atoms with van der Waals surface area (Å²) in [5, 5.41) is 4.73. The van der Waals surface area contributed by atoms with E-state index in [1.54, 1.807) is 72.8 Å². The lowest BCUT2D eigenvalue weighted by molar-refractivity contribution is -0.148. The average molecular weight is 540 g/mol. The zero-order valence-electron chi connectivity index (χ0n) is 20.7. The van der Waals surface area contributed by atoms with Gasteiger partial charge in [0, 0.05) is 0 Å². The Labute approximate surface area is 221 Å². The van der Waals surface area contributed by atoms with Crippen molar-refractivity contribution in [1.82, 2.24) is 10.6 Å². The number of alkyl carbamates (subject to hydrolysis) is 1. The van der Waals surface area contributed by atoms with Crippen molar-refractivity contribution in [1.29, 1.82) is 0 Å². The third-order valence-electron chi connectivity index (χ3n) is 5.18. The summed E-state index contributed by atoms with van der Waals surface area (Å²) in [4.78, 5) is 37.3. The van der Waals surface area contributed by atoms with Crippen LogP contribution in [0.5, 0.6) is 0 Å². The minimum atomic E-state index is -3.83. The van der Waals surface area contributed by atoms with Crippen molar-refractivity contribution in [2.75, 3.05) is 12.7 Å². The number of amides is 2. The molecule has 3 aromatic rings. The van der Waals surface area contributed by atoms with E-state index in [2.05, 4.69) is 10.6 Å². The van der Waals surface area contributed by atoms with Crippen LogP contribution in [0.4, 0.5) is 4.79 Å². The Kier molecular flexibility index (Phi) is 11.0. The van der Waals surface area contributed by atoms with Crippen LogP contribution in [0.15, 0.2) is 91.0 Å². The number of hydrogen-bond donors (Lipinski definition) is 3. The first-order chi connectivity index (χ1) is 18.3. The molecule has 3 aromatic carbocycles. The summed E-state index contributed by atoms with van der Waals surface area (Å²) in [6, 6.07) is 25.5. The standard InChI is InChI=1S/C27H30N3O7P/c28-38(34,37-19-23-14-8-3-9-15-23)20-24(26(32)35-17-21-10-4-1-5-11-21)30-25(31)16-29-27(33)36-18-22-12-6-2-7-13-22/h1-15,24H,16-20H2,(H2,28,34)(H,29,33)(H,30,31)/t24-,38?/m0/s1. The summed E-state index contributed by atoms with van der Waals surface area (Å²) in [7, 11) is -3.83. The molecule has 0 aliphatic rings. The Morgan fingerprint density at radius 3 is 1.74 bits per heavy atom. The van der Waals surface area contributed by atoms with E-state index >= 15 is 0 Å². The molecule has 10 nitrogen and oxygen atoms in total. The molecule has 1 unspecified atom stereocenters. The van der Waals surface area contributed by atoms with Crippen LogP contribution in [0.2, 0.25) is 0 Å². The third kappa shape index (κ3) is 10.6. The van der Waals surface area contributed by atoms with Gasteiger partial charge < -0.3 is 24.6 Å². The van der Waals surface area contributed by atoms with Crippen molar-refractivity contribution in [3.05, 3.63) is 108 Å². The Balaban J connectivity index is 1.55. The monoisotopic (exact) mass is 539 g/mol. The van der Waals surface area contributed by atoms with Crippen LogP contribution in [-0.4, -0.2) is 36.7 Å². The second-order valence-electron chi connectivity index (χ2n) is 8.30. The highest BCUT2D eigenvalue weighted by Crippen LogP contribution is 2.39. The van der Waals surface area contributed by atoms with Gasteiger partial charge in [0.25, 0.3) is 7.52 Å².